The maximum absolute atomic E-state index is 12.5. The molecule has 2 amide bonds. The summed E-state index contributed by atoms with van der Waals surface area (Å²) in [6.07, 6.45) is 1.36. The molecule has 2 aromatic heterocycles. The number of nitro benzene ring substituents is 1. The smallest absolute Gasteiger partial charge is 0.269 e. The van der Waals surface area contributed by atoms with E-state index in [1.54, 1.807) is 26.0 Å². The van der Waals surface area contributed by atoms with Crippen molar-refractivity contribution in [1.29, 1.82) is 0 Å². The summed E-state index contributed by atoms with van der Waals surface area (Å²) in [5.74, 6) is -1.18. The second kappa shape index (κ2) is 10.6. The number of nitrogens with zero attached hydrogens (tertiary/aromatic N) is 5. The zero-order valence-corrected chi connectivity index (χ0v) is 22.2. The van der Waals surface area contributed by atoms with Crippen molar-refractivity contribution >= 4 is 48.6 Å². The van der Waals surface area contributed by atoms with Crippen LogP contribution in [0.3, 0.4) is 0 Å². The highest BCUT2D eigenvalue weighted by Gasteiger charge is 2.26. The number of non-ortho nitro benzene ring substituents is 1. The number of carbonyl (C=O) groups is 2. The molecule has 0 aliphatic carbocycles. The lowest BCUT2D eigenvalue weighted by Gasteiger charge is -2.19. The number of aromatic nitrogens is 3. The Morgan fingerprint density at radius 3 is 2.08 bits per heavy atom. The van der Waals surface area contributed by atoms with Crippen LogP contribution in [0.1, 0.15) is 13.8 Å². The number of anilines is 1. The van der Waals surface area contributed by atoms with E-state index in [1.165, 1.54) is 64.4 Å². The third kappa shape index (κ3) is 5.48. The predicted molar refractivity (Wildman–Crippen MR) is 148 cm³/mol. The highest BCUT2D eigenvalue weighted by Crippen LogP contribution is 2.33. The van der Waals surface area contributed by atoms with Gasteiger partial charge in [-0.2, -0.15) is 0 Å². The Hall–Kier alpha value is -4.65. The lowest BCUT2D eigenvalue weighted by atomic mass is 10.0. The number of amides is 2. The Morgan fingerprint density at radius 2 is 1.54 bits per heavy atom. The molecular weight excluding hydrogens is 524 g/mol. The molecule has 0 unspecified atom stereocenters. The van der Waals surface area contributed by atoms with Crippen LogP contribution in [-0.2, 0) is 9.84 Å². The van der Waals surface area contributed by atoms with Crippen LogP contribution in [0.15, 0.2) is 70.2 Å². The van der Waals surface area contributed by atoms with Crippen molar-refractivity contribution in [2.24, 2.45) is 0 Å². The quantitative estimate of drug-likeness (QED) is 0.191. The van der Waals surface area contributed by atoms with Crippen molar-refractivity contribution in [3.05, 3.63) is 70.9 Å². The number of sulfone groups is 1. The van der Waals surface area contributed by atoms with Crippen molar-refractivity contribution in [2.75, 3.05) is 4.90 Å². The minimum atomic E-state index is -3.47. The van der Waals surface area contributed by atoms with Crippen molar-refractivity contribution in [1.82, 2.24) is 15.1 Å². The van der Waals surface area contributed by atoms with Crippen LogP contribution < -0.4 is 4.90 Å². The first-order chi connectivity index (χ1) is 18.4. The molecule has 0 fully saturated rings. The summed E-state index contributed by atoms with van der Waals surface area (Å²) in [6.45, 7) is 3.19. The van der Waals surface area contributed by atoms with Crippen molar-refractivity contribution in [2.45, 2.75) is 24.0 Å². The molecule has 0 N–H and O–H groups in total. The fraction of sp³-hybridized carbons (Fsp3) is 0.125. The van der Waals surface area contributed by atoms with Gasteiger partial charge >= 0.3 is 0 Å². The highest BCUT2D eigenvalue weighted by atomic mass is 32.2. The monoisotopic (exact) mass is 545 g/mol. The molecule has 0 spiro atoms. The van der Waals surface area contributed by atoms with Gasteiger partial charge in [-0.15, -0.1) is 0 Å². The molecule has 12 nitrogen and oxygen atoms in total. The SMILES string of the molecule is BC(=O)N(C(B)=O)c1ncc(-c2ccc(S(=O)(=O)C(C)C)cc2)nc1-c1cc(-c2ccc([N+](=O)[O-])cc2)no1. The number of hydrogen-bond donors (Lipinski definition) is 0. The van der Waals surface area contributed by atoms with Gasteiger partial charge in [0.25, 0.3) is 5.69 Å². The first-order valence-electron chi connectivity index (χ1n) is 11.6. The van der Waals surface area contributed by atoms with Gasteiger partial charge in [-0.05, 0) is 38.1 Å². The van der Waals surface area contributed by atoms with Crippen molar-refractivity contribution < 1.29 is 27.5 Å². The van der Waals surface area contributed by atoms with E-state index in [1.807, 2.05) is 0 Å². The fourth-order valence-electron chi connectivity index (χ4n) is 3.74. The fourth-order valence-corrected chi connectivity index (χ4v) is 4.79. The molecule has 0 atom stereocenters. The van der Waals surface area contributed by atoms with Crippen LogP contribution in [0.4, 0.5) is 21.1 Å². The largest absolute Gasteiger partial charge is 0.354 e. The Balaban J connectivity index is 1.81. The van der Waals surface area contributed by atoms with E-state index in [-0.39, 0.29) is 27.9 Å². The normalized spacial score (nSPS) is 11.4. The summed E-state index contributed by atoms with van der Waals surface area (Å²) in [5.41, 5.74) is 1.66. The van der Waals surface area contributed by atoms with Gasteiger partial charge in [-0.25, -0.2) is 18.4 Å². The molecule has 39 heavy (non-hydrogen) atoms. The second-order valence-electron chi connectivity index (χ2n) is 8.80. The number of carbonyl (C=O) groups excluding carboxylic acids is 2. The molecule has 0 saturated carbocycles. The van der Waals surface area contributed by atoms with Gasteiger partial charge in [-0.1, -0.05) is 17.3 Å². The van der Waals surface area contributed by atoms with Crippen LogP contribution in [0.25, 0.3) is 34.0 Å². The number of imide groups is 1. The molecule has 0 aliphatic rings. The molecule has 2 heterocycles. The number of benzene rings is 2. The van der Waals surface area contributed by atoms with Crippen LogP contribution in [0.2, 0.25) is 0 Å². The minimum Gasteiger partial charge on any atom is -0.354 e. The van der Waals surface area contributed by atoms with E-state index in [9.17, 15) is 28.1 Å². The molecule has 4 rings (SSSR count). The third-order valence-electron chi connectivity index (χ3n) is 5.81. The summed E-state index contributed by atoms with van der Waals surface area (Å²) in [7, 11) is -1.06. The van der Waals surface area contributed by atoms with Gasteiger partial charge in [-0.3, -0.25) is 24.6 Å². The van der Waals surface area contributed by atoms with Crippen LogP contribution in [-0.4, -0.2) is 61.0 Å². The van der Waals surface area contributed by atoms with E-state index >= 15 is 0 Å². The van der Waals surface area contributed by atoms with E-state index in [0.29, 0.717) is 22.5 Å². The zero-order chi connectivity index (χ0) is 28.5. The average Bonchev–Trinajstić information content (AvgIpc) is 3.39. The van der Waals surface area contributed by atoms with E-state index in [0.717, 1.165) is 4.90 Å². The van der Waals surface area contributed by atoms with Crippen molar-refractivity contribution in [3.8, 4) is 34.0 Å². The maximum Gasteiger partial charge on any atom is 0.269 e. The Labute approximate surface area is 224 Å². The van der Waals surface area contributed by atoms with Gasteiger partial charge in [0.05, 0.1) is 27.0 Å². The standard InChI is InChI=1S/C24H21B2N5O7S/c1-13(2)39(36,37)17-9-5-15(6-10-17)19-12-27-22(30(23(25)32)24(26)33)21(28-19)20-11-18(29-38-20)14-3-7-16(8-4-14)31(34)35/h3-13H,25-26H2,1-2H3. The van der Waals surface area contributed by atoms with Crippen LogP contribution >= 0.6 is 0 Å². The lowest BCUT2D eigenvalue weighted by molar-refractivity contribution is -0.384. The molecule has 2 aromatic carbocycles. The summed E-state index contributed by atoms with van der Waals surface area (Å²) < 4.78 is 30.5. The van der Waals surface area contributed by atoms with Gasteiger partial charge < -0.3 is 4.52 Å². The summed E-state index contributed by atoms with van der Waals surface area (Å²) in [4.78, 5) is 45.0. The molecule has 196 valence electrons. The van der Waals surface area contributed by atoms with Gasteiger partial charge in [0.2, 0.25) is 15.7 Å². The van der Waals surface area contributed by atoms with Crippen LogP contribution in [0, 0.1) is 10.1 Å². The van der Waals surface area contributed by atoms with E-state index < -0.39 is 31.6 Å². The Bertz CT molecular complexity index is 1670. The Morgan fingerprint density at radius 1 is 0.974 bits per heavy atom. The van der Waals surface area contributed by atoms with Gasteiger partial charge in [0, 0.05) is 29.3 Å². The second-order valence-corrected chi connectivity index (χ2v) is 11.3. The van der Waals surface area contributed by atoms with E-state index in [2.05, 4.69) is 15.1 Å². The van der Waals surface area contributed by atoms with E-state index in [4.69, 9.17) is 4.52 Å². The molecule has 0 aliphatic heterocycles. The number of rotatable bonds is 7. The highest BCUT2D eigenvalue weighted by molar-refractivity contribution is 7.92. The Kier molecular flexibility index (Phi) is 7.45. The molecule has 0 bridgehead atoms. The van der Waals surface area contributed by atoms with Gasteiger partial charge in [0.15, 0.2) is 38.7 Å². The predicted octanol–water partition coefficient (Wildman–Crippen LogP) is 2.87. The van der Waals surface area contributed by atoms with Crippen molar-refractivity contribution in [3.63, 3.8) is 0 Å². The number of hydrogen-bond acceptors (Lipinski definition) is 10. The third-order valence-corrected chi connectivity index (χ3v) is 7.98. The lowest BCUT2D eigenvalue weighted by Crippen LogP contribution is -2.36. The van der Waals surface area contributed by atoms with Gasteiger partial charge in [0.1, 0.15) is 5.69 Å². The summed E-state index contributed by atoms with van der Waals surface area (Å²) in [6, 6.07) is 13.3. The molecule has 0 saturated heterocycles. The topological polar surface area (TPSA) is 166 Å². The summed E-state index contributed by atoms with van der Waals surface area (Å²) in [5, 5.41) is 14.4. The first kappa shape index (κ1) is 27.4. The summed E-state index contributed by atoms with van der Waals surface area (Å²) >= 11 is 0. The molecular formula is C24H21B2N5O7S. The van der Waals surface area contributed by atoms with Crippen LogP contribution in [0.5, 0.6) is 0 Å². The molecule has 15 heteroatoms. The molecule has 0 radical (unpaired) electrons. The number of nitro groups is 1. The zero-order valence-electron chi connectivity index (χ0n) is 21.4. The maximum atomic E-state index is 12.5. The minimum absolute atomic E-state index is 0.0393. The average molecular weight is 545 g/mol. The molecule has 4 aromatic rings. The first-order valence-corrected chi connectivity index (χ1v) is 13.2.